The molecule has 1 aliphatic carbocycles. The molecule has 1 heterocycles. The number of amides is 1. The summed E-state index contributed by atoms with van der Waals surface area (Å²) in [6, 6.07) is 0. The van der Waals surface area contributed by atoms with Crippen LogP contribution in [-0.2, 0) is 9.84 Å². The lowest BCUT2D eigenvalue weighted by Gasteiger charge is -2.08. The molecule has 0 saturated heterocycles. The molecule has 1 aromatic rings. The summed E-state index contributed by atoms with van der Waals surface area (Å²) in [5, 5.41) is 3.60. The van der Waals surface area contributed by atoms with E-state index in [0.29, 0.717) is 10.9 Å². The summed E-state index contributed by atoms with van der Waals surface area (Å²) in [4.78, 5) is 13.8. The van der Waals surface area contributed by atoms with Crippen LogP contribution >= 0.6 is 11.3 Å². The van der Waals surface area contributed by atoms with Crippen LogP contribution in [0.1, 0.15) is 22.5 Å². The van der Waals surface area contributed by atoms with Crippen LogP contribution in [-0.4, -0.2) is 46.1 Å². The van der Waals surface area contributed by atoms with E-state index < -0.39 is 9.84 Å². The van der Waals surface area contributed by atoms with Gasteiger partial charge in [0.2, 0.25) is 0 Å². The van der Waals surface area contributed by atoms with Gasteiger partial charge in [-0.3, -0.25) is 4.79 Å². The Labute approximate surface area is 122 Å². The van der Waals surface area contributed by atoms with Gasteiger partial charge in [0.25, 0.3) is 5.91 Å². The van der Waals surface area contributed by atoms with Gasteiger partial charge in [0.1, 0.15) is 14.8 Å². The number of sulfone groups is 1. The minimum Gasteiger partial charge on any atom is -0.396 e. The van der Waals surface area contributed by atoms with Gasteiger partial charge in [-0.05, 0) is 18.8 Å². The fraction of sp³-hybridized carbons (Fsp3) is 0.583. The molecule has 0 aliphatic heterocycles. The predicted molar refractivity (Wildman–Crippen MR) is 81.1 cm³/mol. The van der Waals surface area contributed by atoms with E-state index in [4.69, 9.17) is 5.73 Å². The molecule has 3 N–H and O–H groups in total. The molecule has 1 fully saturated rings. The third kappa shape index (κ3) is 3.06. The van der Waals surface area contributed by atoms with Gasteiger partial charge in [0.05, 0.1) is 5.69 Å². The van der Waals surface area contributed by atoms with Gasteiger partial charge in [-0.15, -0.1) is 11.3 Å². The summed E-state index contributed by atoms with van der Waals surface area (Å²) in [6.07, 6.45) is 3.43. The van der Waals surface area contributed by atoms with Crippen LogP contribution in [0.4, 0.5) is 10.7 Å². The van der Waals surface area contributed by atoms with Gasteiger partial charge in [0, 0.05) is 26.9 Å². The molecule has 0 atom stereocenters. The first-order chi connectivity index (χ1) is 9.21. The first kappa shape index (κ1) is 15.1. The van der Waals surface area contributed by atoms with Crippen molar-refractivity contribution in [3.05, 3.63) is 4.88 Å². The highest BCUT2D eigenvalue weighted by Crippen LogP contribution is 2.40. The van der Waals surface area contributed by atoms with Crippen molar-refractivity contribution in [1.82, 2.24) is 4.90 Å². The molecule has 1 aromatic heterocycles. The minimum absolute atomic E-state index is 0.0494. The number of rotatable bonds is 5. The Morgan fingerprint density at radius 2 is 2.05 bits per heavy atom. The molecule has 0 unspecified atom stereocenters. The maximum Gasteiger partial charge on any atom is 0.265 e. The maximum absolute atomic E-state index is 12.0. The highest BCUT2D eigenvalue weighted by atomic mass is 32.2. The van der Waals surface area contributed by atoms with E-state index in [2.05, 4.69) is 5.32 Å². The Morgan fingerprint density at radius 1 is 1.45 bits per heavy atom. The van der Waals surface area contributed by atoms with Gasteiger partial charge in [-0.2, -0.15) is 0 Å². The van der Waals surface area contributed by atoms with Crippen molar-refractivity contribution in [2.24, 2.45) is 5.92 Å². The largest absolute Gasteiger partial charge is 0.396 e. The zero-order valence-electron chi connectivity index (χ0n) is 11.8. The van der Waals surface area contributed by atoms with Crippen molar-refractivity contribution in [3.63, 3.8) is 0 Å². The third-order valence-corrected chi connectivity index (χ3v) is 5.57. The first-order valence-electron chi connectivity index (χ1n) is 6.29. The molecule has 0 radical (unpaired) electrons. The van der Waals surface area contributed by atoms with E-state index in [9.17, 15) is 13.2 Å². The monoisotopic (exact) mass is 317 g/mol. The van der Waals surface area contributed by atoms with Crippen molar-refractivity contribution in [2.75, 3.05) is 37.9 Å². The lowest BCUT2D eigenvalue weighted by atomic mass is 10.3. The first-order valence-corrected chi connectivity index (χ1v) is 9.00. The SMILES string of the molecule is CN(C)C(=O)c1sc(NCC2CC2)c(S(C)(=O)=O)c1N. The highest BCUT2D eigenvalue weighted by Gasteiger charge is 2.29. The maximum atomic E-state index is 12.0. The van der Waals surface area contributed by atoms with Gasteiger partial charge < -0.3 is 16.0 Å². The number of hydrogen-bond acceptors (Lipinski definition) is 6. The molecule has 2 rings (SSSR count). The number of nitrogens with one attached hydrogen (secondary N) is 1. The molecule has 8 heteroatoms. The lowest BCUT2D eigenvalue weighted by molar-refractivity contribution is 0.0833. The minimum atomic E-state index is -3.48. The van der Waals surface area contributed by atoms with Gasteiger partial charge in [-0.25, -0.2) is 8.42 Å². The molecule has 0 spiro atoms. The number of thiophene rings is 1. The van der Waals surface area contributed by atoms with E-state index in [1.165, 1.54) is 4.90 Å². The quantitative estimate of drug-likeness (QED) is 0.853. The Kier molecular flexibility index (Phi) is 3.97. The summed E-state index contributed by atoms with van der Waals surface area (Å²) in [6.45, 7) is 0.720. The zero-order valence-corrected chi connectivity index (χ0v) is 13.4. The molecular formula is C12H19N3O3S2. The van der Waals surface area contributed by atoms with Gasteiger partial charge in [0.15, 0.2) is 9.84 Å². The number of anilines is 2. The second-order valence-electron chi connectivity index (χ2n) is 5.30. The summed E-state index contributed by atoms with van der Waals surface area (Å²) >= 11 is 1.11. The molecular weight excluding hydrogens is 298 g/mol. The van der Waals surface area contributed by atoms with E-state index in [1.54, 1.807) is 14.1 Å². The van der Waals surface area contributed by atoms with E-state index in [1.807, 2.05) is 0 Å². The second-order valence-corrected chi connectivity index (χ2v) is 8.27. The molecule has 1 aliphatic rings. The fourth-order valence-electron chi connectivity index (χ4n) is 1.83. The normalized spacial score (nSPS) is 15.2. The van der Waals surface area contributed by atoms with Gasteiger partial charge >= 0.3 is 0 Å². The summed E-state index contributed by atoms with van der Waals surface area (Å²) in [7, 11) is -0.258. The van der Waals surface area contributed by atoms with E-state index in [0.717, 1.165) is 37.0 Å². The number of nitrogens with two attached hydrogens (primary N) is 1. The molecule has 1 amide bonds. The standard InChI is InChI=1S/C12H19N3O3S2/c1-15(2)12(16)9-8(13)10(20(3,17)18)11(19-9)14-6-7-4-5-7/h7,14H,4-6,13H2,1-3H3. The van der Waals surface area contributed by atoms with Gasteiger partial charge in [-0.1, -0.05) is 0 Å². The second kappa shape index (κ2) is 5.25. The van der Waals surface area contributed by atoms with Crippen LogP contribution in [0.15, 0.2) is 4.90 Å². The predicted octanol–water partition coefficient (Wildman–Crippen LogP) is 1.26. The molecule has 20 heavy (non-hydrogen) atoms. The molecule has 0 aromatic carbocycles. The summed E-state index contributed by atoms with van der Waals surface area (Å²) in [5.41, 5.74) is 5.95. The van der Waals surface area contributed by atoms with Crippen LogP contribution in [0.2, 0.25) is 0 Å². The van der Waals surface area contributed by atoms with Crippen molar-refractivity contribution in [2.45, 2.75) is 17.7 Å². The van der Waals surface area contributed by atoms with E-state index >= 15 is 0 Å². The van der Waals surface area contributed by atoms with Crippen LogP contribution < -0.4 is 11.1 Å². The Hall–Kier alpha value is -1.28. The molecule has 112 valence electrons. The molecule has 1 saturated carbocycles. The van der Waals surface area contributed by atoms with Crippen molar-refractivity contribution >= 4 is 37.8 Å². The average molecular weight is 317 g/mol. The molecule has 6 nitrogen and oxygen atoms in total. The lowest BCUT2D eigenvalue weighted by Crippen LogP contribution is -2.21. The Bertz CT molecular complexity index is 631. The smallest absolute Gasteiger partial charge is 0.265 e. The van der Waals surface area contributed by atoms with Crippen LogP contribution in [0.5, 0.6) is 0 Å². The van der Waals surface area contributed by atoms with Crippen LogP contribution in [0.25, 0.3) is 0 Å². The van der Waals surface area contributed by atoms with Crippen molar-refractivity contribution in [3.8, 4) is 0 Å². The number of carbonyl (C=O) groups excluding carboxylic acids is 1. The zero-order chi connectivity index (χ0) is 15.1. The average Bonchev–Trinajstić information content (AvgIpc) is 3.08. The number of carbonyl (C=O) groups is 1. The Morgan fingerprint density at radius 3 is 2.50 bits per heavy atom. The highest BCUT2D eigenvalue weighted by molar-refractivity contribution is 7.91. The van der Waals surface area contributed by atoms with Crippen LogP contribution in [0, 0.1) is 5.92 Å². The summed E-state index contributed by atoms with van der Waals surface area (Å²) < 4.78 is 23.8. The van der Waals surface area contributed by atoms with Crippen LogP contribution in [0.3, 0.4) is 0 Å². The Balaban J connectivity index is 2.42. The topological polar surface area (TPSA) is 92.5 Å². The number of hydrogen-bond donors (Lipinski definition) is 2. The van der Waals surface area contributed by atoms with Crippen molar-refractivity contribution in [1.29, 1.82) is 0 Å². The number of nitrogen functional groups attached to an aromatic ring is 1. The van der Waals surface area contributed by atoms with Crippen molar-refractivity contribution < 1.29 is 13.2 Å². The fourth-order valence-corrected chi connectivity index (χ4v) is 4.43. The number of nitrogens with zero attached hydrogens (tertiary/aromatic N) is 1. The van der Waals surface area contributed by atoms with E-state index in [-0.39, 0.29) is 21.4 Å². The summed E-state index contributed by atoms with van der Waals surface area (Å²) in [5.74, 6) is 0.315. The third-order valence-electron chi connectivity index (χ3n) is 3.12. The molecule has 0 bridgehead atoms.